The van der Waals surface area contributed by atoms with E-state index < -0.39 is 10.0 Å². The highest BCUT2D eigenvalue weighted by Gasteiger charge is 2.19. The molecule has 0 radical (unpaired) electrons. The molecule has 0 fully saturated rings. The van der Waals surface area contributed by atoms with E-state index in [0.717, 1.165) is 12.0 Å². The minimum atomic E-state index is -3.83. The van der Waals surface area contributed by atoms with Crippen molar-refractivity contribution in [3.05, 3.63) is 83.9 Å². The van der Waals surface area contributed by atoms with Crippen LogP contribution in [0.25, 0.3) is 0 Å². The number of hydrogen-bond donors (Lipinski definition) is 2. The van der Waals surface area contributed by atoms with Gasteiger partial charge in [0.05, 0.1) is 24.2 Å². The van der Waals surface area contributed by atoms with E-state index in [1.807, 2.05) is 37.3 Å². The molecule has 32 heavy (non-hydrogen) atoms. The van der Waals surface area contributed by atoms with E-state index >= 15 is 0 Å². The number of nitrogens with one attached hydrogen (secondary N) is 2. The van der Waals surface area contributed by atoms with Crippen molar-refractivity contribution in [3.63, 3.8) is 0 Å². The zero-order chi connectivity index (χ0) is 22.6. The molecule has 0 unspecified atom stereocenters. The largest absolute Gasteiger partial charge is 0.490 e. The van der Waals surface area contributed by atoms with Gasteiger partial charge in [-0.15, -0.1) is 0 Å². The maximum absolute atomic E-state index is 12.8. The van der Waals surface area contributed by atoms with Crippen LogP contribution in [0.3, 0.4) is 0 Å². The molecule has 0 saturated carbocycles. The molecule has 0 saturated heterocycles. The molecule has 3 aromatic carbocycles. The lowest BCUT2D eigenvalue weighted by Crippen LogP contribution is -2.26. The van der Waals surface area contributed by atoms with Gasteiger partial charge in [0.1, 0.15) is 0 Å². The van der Waals surface area contributed by atoms with Gasteiger partial charge in [0, 0.05) is 23.7 Å². The first kappa shape index (κ1) is 21.7. The van der Waals surface area contributed by atoms with E-state index in [4.69, 9.17) is 9.47 Å². The third-order valence-corrected chi connectivity index (χ3v) is 6.45. The first-order chi connectivity index (χ1) is 15.4. The van der Waals surface area contributed by atoms with E-state index in [0.29, 0.717) is 36.0 Å². The first-order valence-corrected chi connectivity index (χ1v) is 11.8. The van der Waals surface area contributed by atoms with Crippen LogP contribution in [0.2, 0.25) is 0 Å². The summed E-state index contributed by atoms with van der Waals surface area (Å²) in [5, 5.41) is 2.94. The Morgan fingerprint density at radius 2 is 1.59 bits per heavy atom. The van der Waals surface area contributed by atoms with E-state index in [-0.39, 0.29) is 16.8 Å². The monoisotopic (exact) mass is 452 g/mol. The Hall–Kier alpha value is -3.52. The number of anilines is 1. The number of benzene rings is 3. The lowest BCUT2D eigenvalue weighted by atomic mass is 10.1. The van der Waals surface area contributed by atoms with Crippen LogP contribution in [0.4, 0.5) is 5.69 Å². The zero-order valence-corrected chi connectivity index (χ0v) is 18.4. The molecule has 3 aromatic rings. The van der Waals surface area contributed by atoms with Crippen molar-refractivity contribution >= 4 is 21.6 Å². The lowest BCUT2D eigenvalue weighted by molar-refractivity contribution is 0.0940. The van der Waals surface area contributed by atoms with Crippen molar-refractivity contribution in [2.24, 2.45) is 0 Å². The van der Waals surface area contributed by atoms with Crippen molar-refractivity contribution in [1.82, 2.24) is 5.32 Å². The minimum absolute atomic E-state index is 0.0697. The van der Waals surface area contributed by atoms with Crippen LogP contribution in [0, 0.1) is 0 Å². The van der Waals surface area contributed by atoms with Crippen molar-refractivity contribution < 1.29 is 22.7 Å². The highest BCUT2D eigenvalue weighted by atomic mass is 32.2. The van der Waals surface area contributed by atoms with Crippen LogP contribution in [0.15, 0.2) is 77.7 Å². The van der Waals surface area contributed by atoms with E-state index in [2.05, 4.69) is 10.0 Å². The fraction of sp³-hybridized carbons (Fsp3) is 0.208. The average Bonchev–Trinajstić information content (AvgIpc) is 3.05. The number of fused-ring (bicyclic) bond motifs is 1. The van der Waals surface area contributed by atoms with Crippen molar-refractivity contribution in [2.75, 3.05) is 17.9 Å². The number of carbonyl (C=O) groups is 1. The summed E-state index contributed by atoms with van der Waals surface area (Å²) in [6, 6.07) is 20.3. The predicted octanol–water partition coefficient (Wildman–Crippen LogP) is 4.14. The summed E-state index contributed by atoms with van der Waals surface area (Å²) in [6.07, 6.45) is 0.735. The maximum Gasteiger partial charge on any atom is 0.262 e. The van der Waals surface area contributed by atoms with Gasteiger partial charge in [-0.25, -0.2) is 8.42 Å². The van der Waals surface area contributed by atoms with Crippen molar-refractivity contribution in [2.45, 2.75) is 24.3 Å². The van der Waals surface area contributed by atoms with E-state index in [1.54, 1.807) is 30.3 Å². The summed E-state index contributed by atoms with van der Waals surface area (Å²) in [6.45, 7) is 2.91. The second-order valence-electron chi connectivity index (χ2n) is 7.45. The molecule has 0 spiro atoms. The molecule has 1 aliphatic heterocycles. The molecular formula is C24H24N2O5S. The van der Waals surface area contributed by atoms with Crippen LogP contribution in [0.5, 0.6) is 11.5 Å². The highest BCUT2D eigenvalue weighted by Crippen LogP contribution is 2.32. The Labute approximate surface area is 187 Å². The molecule has 4 rings (SSSR count). The number of amides is 1. The zero-order valence-electron chi connectivity index (χ0n) is 17.6. The number of ether oxygens (including phenoxy) is 2. The fourth-order valence-electron chi connectivity index (χ4n) is 3.32. The smallest absolute Gasteiger partial charge is 0.262 e. The highest BCUT2D eigenvalue weighted by molar-refractivity contribution is 7.92. The van der Waals surface area contributed by atoms with Gasteiger partial charge in [0.15, 0.2) is 11.5 Å². The number of sulfonamides is 1. The van der Waals surface area contributed by atoms with Gasteiger partial charge in [-0.1, -0.05) is 30.3 Å². The molecule has 7 nitrogen and oxygen atoms in total. The van der Waals surface area contributed by atoms with E-state index in [9.17, 15) is 13.2 Å². The average molecular weight is 453 g/mol. The third-order valence-electron chi connectivity index (χ3n) is 5.08. The van der Waals surface area contributed by atoms with Gasteiger partial charge in [0.2, 0.25) is 0 Å². The van der Waals surface area contributed by atoms with Crippen LogP contribution in [-0.4, -0.2) is 27.5 Å². The molecule has 1 aliphatic rings. The molecule has 0 aliphatic carbocycles. The topological polar surface area (TPSA) is 93.7 Å². The van der Waals surface area contributed by atoms with Crippen LogP contribution in [0.1, 0.15) is 35.3 Å². The Morgan fingerprint density at radius 1 is 0.906 bits per heavy atom. The van der Waals surface area contributed by atoms with Gasteiger partial charge in [0.25, 0.3) is 15.9 Å². The Kier molecular flexibility index (Phi) is 6.32. The molecule has 166 valence electrons. The van der Waals surface area contributed by atoms with Crippen molar-refractivity contribution in [3.8, 4) is 11.5 Å². The Balaban J connectivity index is 1.44. The third kappa shape index (κ3) is 5.03. The summed E-state index contributed by atoms with van der Waals surface area (Å²) in [4.78, 5) is 12.6. The van der Waals surface area contributed by atoms with Crippen LogP contribution in [-0.2, 0) is 10.0 Å². The molecule has 1 atom stereocenters. The second-order valence-corrected chi connectivity index (χ2v) is 9.13. The molecule has 8 heteroatoms. The fourth-order valence-corrected chi connectivity index (χ4v) is 4.39. The number of hydrogen-bond acceptors (Lipinski definition) is 5. The molecule has 0 aromatic heterocycles. The van der Waals surface area contributed by atoms with Gasteiger partial charge in [-0.3, -0.25) is 9.52 Å². The normalized spacial score (nSPS) is 14.2. The molecule has 0 bridgehead atoms. The van der Waals surface area contributed by atoms with Gasteiger partial charge in [-0.2, -0.15) is 0 Å². The van der Waals surface area contributed by atoms with E-state index in [1.165, 1.54) is 12.1 Å². The minimum Gasteiger partial charge on any atom is -0.490 e. The Bertz CT molecular complexity index is 1190. The van der Waals surface area contributed by atoms with Gasteiger partial charge >= 0.3 is 0 Å². The van der Waals surface area contributed by atoms with Crippen molar-refractivity contribution in [1.29, 1.82) is 0 Å². The summed E-state index contributed by atoms with van der Waals surface area (Å²) in [5.41, 5.74) is 1.79. The summed E-state index contributed by atoms with van der Waals surface area (Å²) in [5.74, 6) is 0.699. The molecular weight excluding hydrogens is 428 g/mol. The van der Waals surface area contributed by atoms with Gasteiger partial charge in [-0.05, 0) is 48.9 Å². The first-order valence-electron chi connectivity index (χ1n) is 10.3. The SMILES string of the molecule is C[C@@H](NC(=O)c1ccc(NS(=O)(=O)c2ccc3c(c2)OCCCO3)cc1)c1ccccc1. The summed E-state index contributed by atoms with van der Waals surface area (Å²) >= 11 is 0. The predicted molar refractivity (Wildman–Crippen MR) is 122 cm³/mol. The van der Waals surface area contributed by atoms with Crippen LogP contribution < -0.4 is 19.5 Å². The standard InChI is InChI=1S/C24H24N2O5S/c1-17(18-6-3-2-4-7-18)25-24(27)19-8-10-20(11-9-19)26-32(28,29)21-12-13-22-23(16-21)31-15-5-14-30-22/h2-4,6-13,16-17,26H,5,14-15H2,1H3,(H,25,27)/t17-/m1/s1. The second kappa shape index (κ2) is 9.32. The van der Waals surface area contributed by atoms with Gasteiger partial charge < -0.3 is 14.8 Å². The molecule has 1 heterocycles. The number of carbonyl (C=O) groups excluding carboxylic acids is 1. The Morgan fingerprint density at radius 3 is 2.31 bits per heavy atom. The molecule has 2 N–H and O–H groups in total. The molecule has 1 amide bonds. The lowest BCUT2D eigenvalue weighted by Gasteiger charge is -2.15. The quantitative estimate of drug-likeness (QED) is 0.586. The summed E-state index contributed by atoms with van der Waals surface area (Å²) < 4.78 is 39.3. The summed E-state index contributed by atoms with van der Waals surface area (Å²) in [7, 11) is -3.83. The van der Waals surface area contributed by atoms with Crippen LogP contribution >= 0.6 is 0 Å². The maximum atomic E-state index is 12.8. The number of rotatable bonds is 6.